The normalized spacial score (nSPS) is 11.0. The third-order valence-electron chi connectivity index (χ3n) is 3.48. The van der Waals surface area contributed by atoms with Gasteiger partial charge in [-0.2, -0.15) is 0 Å². The quantitative estimate of drug-likeness (QED) is 0.636. The van der Waals surface area contributed by atoms with Crippen LogP contribution in [-0.2, 0) is 0 Å². The molecule has 2 nitrogen and oxygen atoms in total. The zero-order valence-corrected chi connectivity index (χ0v) is 12.5. The van der Waals surface area contributed by atoms with Gasteiger partial charge in [0.05, 0.1) is 6.20 Å². The van der Waals surface area contributed by atoms with Gasteiger partial charge < -0.3 is 4.42 Å². The summed E-state index contributed by atoms with van der Waals surface area (Å²) in [5.41, 5.74) is 4.44. The fraction of sp³-hybridized carbons (Fsp3) is 0.0500. The highest BCUT2D eigenvalue weighted by atomic mass is 16.4. The molecule has 0 N–H and O–H groups in total. The van der Waals surface area contributed by atoms with E-state index in [0.29, 0.717) is 5.89 Å². The van der Waals surface area contributed by atoms with Crippen molar-refractivity contribution in [3.8, 4) is 11.3 Å². The lowest BCUT2D eigenvalue weighted by Gasteiger charge is -1.98. The Morgan fingerprint density at radius 3 is 2.41 bits per heavy atom. The van der Waals surface area contributed by atoms with Gasteiger partial charge in [-0.15, -0.1) is 0 Å². The second-order valence-electron chi connectivity index (χ2n) is 5.10. The first kappa shape index (κ1) is 14.1. The van der Waals surface area contributed by atoms with Gasteiger partial charge in [-0.05, 0) is 24.1 Å². The molecule has 1 heterocycles. The minimum absolute atomic E-state index is 0.592. The lowest BCUT2D eigenvalue weighted by molar-refractivity contribution is 0.560. The molecule has 0 saturated carbocycles. The largest absolute Gasteiger partial charge is 0.437 e. The smallest absolute Gasteiger partial charge is 0.219 e. The highest BCUT2D eigenvalue weighted by Gasteiger charge is 2.04. The molecule has 0 bridgehead atoms. The summed E-state index contributed by atoms with van der Waals surface area (Å²) in [4.78, 5) is 4.31. The number of aromatic nitrogens is 1. The van der Waals surface area contributed by atoms with Crippen molar-refractivity contribution in [1.29, 1.82) is 0 Å². The summed E-state index contributed by atoms with van der Waals surface area (Å²) >= 11 is 0. The van der Waals surface area contributed by atoms with Crippen LogP contribution >= 0.6 is 0 Å². The van der Waals surface area contributed by atoms with Crippen LogP contribution in [0.1, 0.15) is 22.6 Å². The van der Waals surface area contributed by atoms with Crippen molar-refractivity contribution in [3.05, 3.63) is 83.9 Å². The molecule has 22 heavy (non-hydrogen) atoms. The summed E-state index contributed by atoms with van der Waals surface area (Å²) < 4.78 is 5.78. The average Bonchev–Trinajstić information content (AvgIpc) is 3.03. The van der Waals surface area contributed by atoms with E-state index < -0.39 is 0 Å². The lowest BCUT2D eigenvalue weighted by atomic mass is 10.1. The molecule has 2 heteroatoms. The summed E-state index contributed by atoms with van der Waals surface area (Å²) in [5.74, 6) is 1.37. The maximum absolute atomic E-state index is 5.78. The first-order valence-electron chi connectivity index (χ1n) is 7.19. The zero-order valence-electron chi connectivity index (χ0n) is 12.5. The maximum Gasteiger partial charge on any atom is 0.219 e. The van der Waals surface area contributed by atoms with E-state index in [0.717, 1.165) is 22.5 Å². The molecule has 0 amide bonds. The molecule has 0 radical (unpaired) electrons. The standard InChI is InChI=1S/C20H17NO/c1-3-16-6-4-5-7-17(16)12-13-20-21-14-19(22-20)18-10-8-15(2)9-11-18/h3-14H,1H2,2H3/b13-12+. The molecule has 0 spiro atoms. The van der Waals surface area contributed by atoms with Gasteiger partial charge in [-0.25, -0.2) is 4.98 Å². The van der Waals surface area contributed by atoms with E-state index in [4.69, 9.17) is 4.42 Å². The predicted octanol–water partition coefficient (Wildman–Crippen LogP) is 5.46. The molecule has 0 saturated heterocycles. The van der Waals surface area contributed by atoms with Crippen LogP contribution in [0.4, 0.5) is 0 Å². The van der Waals surface area contributed by atoms with Crippen molar-refractivity contribution < 1.29 is 4.42 Å². The number of nitrogens with zero attached hydrogens (tertiary/aromatic N) is 1. The van der Waals surface area contributed by atoms with E-state index in [1.807, 2.05) is 54.6 Å². The SMILES string of the molecule is C=Cc1ccccc1/C=C/c1ncc(-c2ccc(C)cc2)o1. The molecule has 0 aliphatic rings. The molecular formula is C20H17NO. The molecule has 0 atom stereocenters. The van der Waals surface area contributed by atoms with E-state index >= 15 is 0 Å². The van der Waals surface area contributed by atoms with Crippen LogP contribution in [0.3, 0.4) is 0 Å². The third kappa shape index (κ3) is 3.07. The predicted molar refractivity (Wildman–Crippen MR) is 92.1 cm³/mol. The minimum Gasteiger partial charge on any atom is -0.437 e. The first-order valence-corrected chi connectivity index (χ1v) is 7.19. The molecule has 0 fully saturated rings. The van der Waals surface area contributed by atoms with Gasteiger partial charge in [0.2, 0.25) is 5.89 Å². The Hall–Kier alpha value is -2.87. The minimum atomic E-state index is 0.592. The molecule has 108 valence electrons. The number of oxazole rings is 1. The Morgan fingerprint density at radius 1 is 0.955 bits per heavy atom. The van der Waals surface area contributed by atoms with Gasteiger partial charge in [-0.3, -0.25) is 0 Å². The molecule has 2 aromatic carbocycles. The maximum atomic E-state index is 5.78. The lowest BCUT2D eigenvalue weighted by Crippen LogP contribution is -1.78. The van der Waals surface area contributed by atoms with Crippen LogP contribution < -0.4 is 0 Å². The van der Waals surface area contributed by atoms with Crippen molar-refractivity contribution in [2.45, 2.75) is 6.92 Å². The van der Waals surface area contributed by atoms with Gasteiger partial charge in [0, 0.05) is 11.6 Å². The number of aryl methyl sites for hydroxylation is 1. The van der Waals surface area contributed by atoms with Crippen LogP contribution in [-0.4, -0.2) is 4.98 Å². The van der Waals surface area contributed by atoms with Crippen molar-refractivity contribution in [2.75, 3.05) is 0 Å². The Bertz CT molecular complexity index is 810. The summed E-state index contributed by atoms with van der Waals surface area (Å²) in [6, 6.07) is 16.3. The van der Waals surface area contributed by atoms with Gasteiger partial charge in [0.15, 0.2) is 5.76 Å². The summed E-state index contributed by atoms with van der Waals surface area (Å²) in [6.45, 7) is 5.89. The van der Waals surface area contributed by atoms with Gasteiger partial charge >= 0.3 is 0 Å². The number of hydrogen-bond acceptors (Lipinski definition) is 2. The zero-order chi connectivity index (χ0) is 15.4. The second-order valence-corrected chi connectivity index (χ2v) is 5.10. The van der Waals surface area contributed by atoms with E-state index in [-0.39, 0.29) is 0 Å². The molecule has 0 aliphatic heterocycles. The Morgan fingerprint density at radius 2 is 1.68 bits per heavy atom. The van der Waals surface area contributed by atoms with Gasteiger partial charge in [0.1, 0.15) is 0 Å². The second kappa shape index (κ2) is 6.27. The molecular weight excluding hydrogens is 270 g/mol. The van der Waals surface area contributed by atoms with E-state index in [2.05, 4.69) is 30.6 Å². The number of benzene rings is 2. The molecule has 1 aromatic heterocycles. The summed E-state index contributed by atoms with van der Waals surface area (Å²) in [7, 11) is 0. The van der Waals surface area contributed by atoms with Crippen molar-refractivity contribution in [2.24, 2.45) is 0 Å². The van der Waals surface area contributed by atoms with Crippen LogP contribution in [0.15, 0.2) is 65.7 Å². The molecule has 0 unspecified atom stereocenters. The topological polar surface area (TPSA) is 26.0 Å². The highest BCUT2D eigenvalue weighted by Crippen LogP contribution is 2.22. The van der Waals surface area contributed by atoms with Crippen molar-refractivity contribution in [1.82, 2.24) is 4.98 Å². The van der Waals surface area contributed by atoms with Gasteiger partial charge in [-0.1, -0.05) is 66.7 Å². The first-order chi connectivity index (χ1) is 10.8. The van der Waals surface area contributed by atoms with E-state index in [1.54, 1.807) is 6.20 Å². The third-order valence-corrected chi connectivity index (χ3v) is 3.48. The van der Waals surface area contributed by atoms with Crippen LogP contribution in [0.2, 0.25) is 0 Å². The number of rotatable bonds is 4. The molecule has 3 rings (SSSR count). The van der Waals surface area contributed by atoms with Crippen LogP contribution in [0, 0.1) is 6.92 Å². The molecule has 3 aromatic rings. The summed E-state index contributed by atoms with van der Waals surface area (Å²) in [6.07, 6.45) is 7.46. The van der Waals surface area contributed by atoms with Crippen LogP contribution in [0.25, 0.3) is 29.6 Å². The average molecular weight is 287 g/mol. The van der Waals surface area contributed by atoms with Crippen molar-refractivity contribution >= 4 is 18.2 Å². The van der Waals surface area contributed by atoms with E-state index in [1.165, 1.54) is 5.56 Å². The molecule has 0 aliphatic carbocycles. The summed E-state index contributed by atoms with van der Waals surface area (Å²) in [5, 5.41) is 0. The Kier molecular flexibility index (Phi) is 4.01. The Labute approximate surface area is 130 Å². The van der Waals surface area contributed by atoms with Crippen LogP contribution in [0.5, 0.6) is 0 Å². The Balaban J connectivity index is 1.83. The fourth-order valence-corrected chi connectivity index (χ4v) is 2.23. The fourth-order valence-electron chi connectivity index (χ4n) is 2.23. The number of hydrogen-bond donors (Lipinski definition) is 0. The van der Waals surface area contributed by atoms with E-state index in [9.17, 15) is 0 Å². The van der Waals surface area contributed by atoms with Crippen molar-refractivity contribution in [3.63, 3.8) is 0 Å². The van der Waals surface area contributed by atoms with Gasteiger partial charge in [0.25, 0.3) is 0 Å². The monoisotopic (exact) mass is 287 g/mol. The highest BCUT2D eigenvalue weighted by molar-refractivity contribution is 5.73.